The van der Waals surface area contributed by atoms with E-state index in [0.717, 1.165) is 23.3 Å². The van der Waals surface area contributed by atoms with E-state index in [4.69, 9.17) is 4.74 Å². The lowest BCUT2D eigenvalue weighted by atomic mass is 9.97. The van der Waals surface area contributed by atoms with Crippen molar-refractivity contribution in [2.45, 2.75) is 25.9 Å². The molecule has 1 nitrogen and oxygen atoms in total. The third-order valence-corrected chi connectivity index (χ3v) is 2.74. The minimum atomic E-state index is -0.0251. The van der Waals surface area contributed by atoms with E-state index in [2.05, 4.69) is 25.2 Å². The molecule has 0 radical (unpaired) electrons. The summed E-state index contributed by atoms with van der Waals surface area (Å²) in [6, 6.07) is 0. The Labute approximate surface area is 71.6 Å². The summed E-state index contributed by atoms with van der Waals surface area (Å²) >= 11 is 0. The average Bonchev–Trinajstić information content (AvgIpc) is 1.97. The number of rotatable bonds is 2. The number of allylic oxidation sites excluding steroid dienone is 2. The largest absolute Gasteiger partial charge is 0.371 e. The molecule has 1 rings (SSSR count). The predicted molar refractivity (Wildman–Crippen MR) is 51.8 cm³/mol. The zero-order valence-electron chi connectivity index (χ0n) is 7.55. The van der Waals surface area contributed by atoms with Gasteiger partial charge in [-0.3, -0.25) is 0 Å². The van der Waals surface area contributed by atoms with Gasteiger partial charge in [0.15, 0.2) is 0 Å². The van der Waals surface area contributed by atoms with Crippen LogP contribution in [0.3, 0.4) is 0 Å². The van der Waals surface area contributed by atoms with E-state index in [-0.39, 0.29) is 5.60 Å². The van der Waals surface area contributed by atoms with Crippen molar-refractivity contribution in [2.75, 3.05) is 6.61 Å². The number of hydrogen-bond acceptors (Lipinski definition) is 1. The van der Waals surface area contributed by atoms with Gasteiger partial charge in [0.2, 0.25) is 0 Å². The van der Waals surface area contributed by atoms with Crippen LogP contribution in [0.4, 0.5) is 0 Å². The fourth-order valence-electron chi connectivity index (χ4n) is 1.24. The van der Waals surface area contributed by atoms with Crippen molar-refractivity contribution in [3.05, 3.63) is 23.4 Å². The van der Waals surface area contributed by atoms with E-state index in [1.807, 2.05) is 6.92 Å². The highest BCUT2D eigenvalue weighted by Gasteiger charge is 2.21. The molecule has 0 spiro atoms. The molecule has 11 heavy (non-hydrogen) atoms. The average molecular weight is 168 g/mol. The molecule has 0 aromatic carbocycles. The maximum atomic E-state index is 5.60. The van der Waals surface area contributed by atoms with Gasteiger partial charge in [-0.2, -0.15) is 0 Å². The summed E-state index contributed by atoms with van der Waals surface area (Å²) in [6.07, 6.45) is 7.68. The second kappa shape index (κ2) is 3.37. The van der Waals surface area contributed by atoms with Gasteiger partial charge in [0, 0.05) is 16.8 Å². The van der Waals surface area contributed by atoms with Crippen LogP contribution in [0.5, 0.6) is 0 Å². The molecule has 0 saturated carbocycles. The zero-order valence-corrected chi connectivity index (χ0v) is 9.55. The van der Waals surface area contributed by atoms with Gasteiger partial charge in [0.05, 0.1) is 5.60 Å². The SMILES string of the molecule is CCOC1(C)C=CC([SiH3])=CC1. The van der Waals surface area contributed by atoms with Crippen LogP contribution < -0.4 is 0 Å². The molecule has 2 heteroatoms. The Hall–Kier alpha value is -0.343. The Morgan fingerprint density at radius 1 is 1.73 bits per heavy atom. The standard InChI is InChI=1S/C9H16OSi/c1-3-10-9(2)6-4-8(11)5-7-9/h4-6H,3,7H2,1-2,11H3. The maximum absolute atomic E-state index is 5.60. The molecule has 1 aliphatic carbocycles. The van der Waals surface area contributed by atoms with Crippen LogP contribution in [0, 0.1) is 0 Å². The lowest BCUT2D eigenvalue weighted by molar-refractivity contribution is 0.0152. The second-order valence-electron chi connectivity index (χ2n) is 3.23. The molecule has 1 atom stereocenters. The summed E-state index contributed by atoms with van der Waals surface area (Å²) in [5.41, 5.74) is -0.0251. The first-order valence-corrected chi connectivity index (χ1v) is 5.16. The van der Waals surface area contributed by atoms with Gasteiger partial charge in [-0.05, 0) is 20.3 Å². The Balaban J connectivity index is 2.58. The van der Waals surface area contributed by atoms with E-state index >= 15 is 0 Å². The first-order valence-electron chi connectivity index (χ1n) is 4.16. The van der Waals surface area contributed by atoms with Crippen LogP contribution >= 0.6 is 0 Å². The summed E-state index contributed by atoms with van der Waals surface area (Å²) in [6.45, 7) is 4.97. The van der Waals surface area contributed by atoms with Crippen molar-refractivity contribution in [1.82, 2.24) is 0 Å². The smallest absolute Gasteiger partial charge is 0.0871 e. The van der Waals surface area contributed by atoms with Crippen LogP contribution in [0.2, 0.25) is 0 Å². The molecule has 0 amide bonds. The van der Waals surface area contributed by atoms with Gasteiger partial charge in [0.25, 0.3) is 0 Å². The first kappa shape index (κ1) is 8.75. The highest BCUT2D eigenvalue weighted by Crippen LogP contribution is 2.22. The third-order valence-electron chi connectivity index (χ3n) is 2.00. The Morgan fingerprint density at radius 3 is 2.91 bits per heavy atom. The van der Waals surface area contributed by atoms with E-state index in [1.165, 1.54) is 5.20 Å². The van der Waals surface area contributed by atoms with Crippen LogP contribution in [0.1, 0.15) is 20.3 Å². The fourth-order valence-corrected chi connectivity index (χ4v) is 1.62. The summed E-state index contributed by atoms with van der Waals surface area (Å²) in [5.74, 6) is 0. The summed E-state index contributed by atoms with van der Waals surface area (Å²) in [7, 11) is 1.15. The number of hydrogen-bond donors (Lipinski definition) is 0. The van der Waals surface area contributed by atoms with Crippen molar-refractivity contribution in [1.29, 1.82) is 0 Å². The number of ether oxygens (including phenoxy) is 1. The van der Waals surface area contributed by atoms with Crippen molar-refractivity contribution in [3.63, 3.8) is 0 Å². The zero-order chi connectivity index (χ0) is 8.32. The second-order valence-corrected chi connectivity index (χ2v) is 4.39. The Morgan fingerprint density at radius 2 is 2.45 bits per heavy atom. The topological polar surface area (TPSA) is 9.23 Å². The molecular formula is C9H16OSi. The summed E-state index contributed by atoms with van der Waals surface area (Å²) in [5, 5.41) is 1.47. The van der Waals surface area contributed by atoms with Crippen molar-refractivity contribution in [2.24, 2.45) is 0 Å². The van der Waals surface area contributed by atoms with Gasteiger partial charge >= 0.3 is 0 Å². The normalized spacial score (nSPS) is 30.5. The minimum absolute atomic E-state index is 0.0251. The summed E-state index contributed by atoms with van der Waals surface area (Å²) < 4.78 is 5.60. The molecule has 1 unspecified atom stereocenters. The Kier molecular flexibility index (Phi) is 2.68. The molecular weight excluding hydrogens is 152 g/mol. The molecule has 0 N–H and O–H groups in total. The molecule has 0 heterocycles. The first-order chi connectivity index (χ1) is 5.16. The van der Waals surface area contributed by atoms with Gasteiger partial charge in [-0.1, -0.05) is 23.4 Å². The quantitative estimate of drug-likeness (QED) is 0.559. The van der Waals surface area contributed by atoms with Crippen LogP contribution in [-0.4, -0.2) is 22.5 Å². The lowest BCUT2D eigenvalue weighted by Crippen LogP contribution is -2.26. The predicted octanol–water partition coefficient (Wildman–Crippen LogP) is 0.991. The molecule has 0 saturated heterocycles. The minimum Gasteiger partial charge on any atom is -0.371 e. The molecule has 0 aliphatic heterocycles. The Bertz CT molecular complexity index is 196. The van der Waals surface area contributed by atoms with Crippen molar-refractivity contribution >= 4 is 10.2 Å². The lowest BCUT2D eigenvalue weighted by Gasteiger charge is -2.27. The monoisotopic (exact) mass is 168 g/mol. The van der Waals surface area contributed by atoms with Gasteiger partial charge in [0.1, 0.15) is 0 Å². The third kappa shape index (κ3) is 2.31. The molecule has 0 aromatic heterocycles. The van der Waals surface area contributed by atoms with Gasteiger partial charge in [-0.25, -0.2) is 0 Å². The van der Waals surface area contributed by atoms with E-state index in [1.54, 1.807) is 0 Å². The van der Waals surface area contributed by atoms with Crippen molar-refractivity contribution in [3.8, 4) is 0 Å². The van der Waals surface area contributed by atoms with Gasteiger partial charge in [-0.15, -0.1) is 0 Å². The van der Waals surface area contributed by atoms with Crippen molar-refractivity contribution < 1.29 is 4.74 Å². The highest BCUT2D eigenvalue weighted by molar-refractivity contribution is 6.23. The molecule has 1 aliphatic rings. The highest BCUT2D eigenvalue weighted by atomic mass is 28.1. The summed E-state index contributed by atoms with van der Waals surface area (Å²) in [4.78, 5) is 0. The van der Waals surface area contributed by atoms with E-state index in [0.29, 0.717) is 0 Å². The van der Waals surface area contributed by atoms with Crippen LogP contribution in [0.25, 0.3) is 0 Å². The van der Waals surface area contributed by atoms with E-state index in [9.17, 15) is 0 Å². The van der Waals surface area contributed by atoms with Crippen LogP contribution in [0.15, 0.2) is 23.4 Å². The molecule has 62 valence electrons. The fraction of sp³-hybridized carbons (Fsp3) is 0.556. The molecule has 0 fully saturated rings. The molecule has 0 aromatic rings. The molecule has 0 bridgehead atoms. The van der Waals surface area contributed by atoms with Crippen LogP contribution in [-0.2, 0) is 4.74 Å². The van der Waals surface area contributed by atoms with E-state index < -0.39 is 0 Å². The van der Waals surface area contributed by atoms with Gasteiger partial charge < -0.3 is 4.74 Å². The maximum Gasteiger partial charge on any atom is 0.0871 e.